The summed E-state index contributed by atoms with van der Waals surface area (Å²) in [6.07, 6.45) is 4.23. The molecule has 0 saturated carbocycles. The molecule has 0 bridgehead atoms. The summed E-state index contributed by atoms with van der Waals surface area (Å²) in [5.41, 5.74) is 7.93. The molecule has 2 N–H and O–H groups in total. The standard InChI is InChI=1S/C16H22N4S/c17-15-5-3-14(4-6-15)2-1-8-19-9-11-20(12-10-19)16-18-7-13-21-16/h3-7,13H,1-2,8-12,17H2. The van der Waals surface area contributed by atoms with Crippen molar-refractivity contribution in [2.45, 2.75) is 12.8 Å². The monoisotopic (exact) mass is 302 g/mol. The average molecular weight is 302 g/mol. The Morgan fingerprint density at radius 3 is 2.52 bits per heavy atom. The van der Waals surface area contributed by atoms with Gasteiger partial charge in [-0.15, -0.1) is 11.3 Å². The normalized spacial score (nSPS) is 16.3. The zero-order valence-electron chi connectivity index (χ0n) is 12.2. The Morgan fingerprint density at radius 2 is 1.86 bits per heavy atom. The highest BCUT2D eigenvalue weighted by molar-refractivity contribution is 7.13. The lowest BCUT2D eigenvalue weighted by Crippen LogP contribution is -2.46. The number of piperazine rings is 1. The number of nitrogen functional groups attached to an aromatic ring is 1. The fourth-order valence-electron chi connectivity index (χ4n) is 2.73. The molecule has 0 amide bonds. The summed E-state index contributed by atoms with van der Waals surface area (Å²) >= 11 is 1.73. The summed E-state index contributed by atoms with van der Waals surface area (Å²) in [6, 6.07) is 8.25. The van der Waals surface area contributed by atoms with Gasteiger partial charge in [-0.2, -0.15) is 0 Å². The number of nitrogens with two attached hydrogens (primary N) is 1. The molecule has 1 fully saturated rings. The first-order valence-electron chi connectivity index (χ1n) is 7.52. The fourth-order valence-corrected chi connectivity index (χ4v) is 3.42. The van der Waals surface area contributed by atoms with Gasteiger partial charge in [0.2, 0.25) is 0 Å². The predicted molar refractivity (Wildman–Crippen MR) is 89.9 cm³/mol. The second-order valence-corrected chi connectivity index (χ2v) is 6.36. The number of hydrogen-bond acceptors (Lipinski definition) is 5. The molecular weight excluding hydrogens is 280 g/mol. The van der Waals surface area contributed by atoms with E-state index in [4.69, 9.17) is 5.73 Å². The Balaban J connectivity index is 1.38. The molecule has 1 aliphatic heterocycles. The van der Waals surface area contributed by atoms with E-state index in [0.717, 1.165) is 43.4 Å². The second-order valence-electron chi connectivity index (χ2n) is 5.49. The highest BCUT2D eigenvalue weighted by Crippen LogP contribution is 2.19. The molecular formula is C16H22N4S. The number of thiazole rings is 1. The van der Waals surface area contributed by atoms with Gasteiger partial charge in [-0.05, 0) is 37.1 Å². The molecule has 1 aliphatic rings. The molecule has 0 aliphatic carbocycles. The van der Waals surface area contributed by atoms with Gasteiger partial charge < -0.3 is 10.6 Å². The zero-order chi connectivity index (χ0) is 14.5. The number of nitrogens with zero attached hydrogens (tertiary/aromatic N) is 3. The third kappa shape index (κ3) is 3.95. The van der Waals surface area contributed by atoms with Crippen molar-refractivity contribution >= 4 is 22.2 Å². The largest absolute Gasteiger partial charge is 0.399 e. The molecule has 0 atom stereocenters. The maximum absolute atomic E-state index is 5.71. The maximum atomic E-state index is 5.71. The minimum atomic E-state index is 0.844. The number of benzene rings is 1. The van der Waals surface area contributed by atoms with Crippen molar-refractivity contribution in [1.29, 1.82) is 0 Å². The molecule has 112 valence electrons. The lowest BCUT2D eigenvalue weighted by atomic mass is 10.1. The van der Waals surface area contributed by atoms with Crippen molar-refractivity contribution in [3.63, 3.8) is 0 Å². The molecule has 21 heavy (non-hydrogen) atoms. The molecule has 2 aromatic rings. The smallest absolute Gasteiger partial charge is 0.185 e. The van der Waals surface area contributed by atoms with Crippen LogP contribution in [0.5, 0.6) is 0 Å². The first kappa shape index (κ1) is 14.4. The van der Waals surface area contributed by atoms with Gasteiger partial charge in [-0.1, -0.05) is 12.1 Å². The molecule has 4 nitrogen and oxygen atoms in total. The minimum absolute atomic E-state index is 0.844. The number of aromatic nitrogens is 1. The third-order valence-electron chi connectivity index (χ3n) is 3.98. The van der Waals surface area contributed by atoms with Crippen LogP contribution in [0, 0.1) is 0 Å². The summed E-state index contributed by atoms with van der Waals surface area (Å²) in [7, 11) is 0. The molecule has 2 heterocycles. The van der Waals surface area contributed by atoms with E-state index in [2.05, 4.69) is 26.9 Å². The second kappa shape index (κ2) is 6.91. The van der Waals surface area contributed by atoms with E-state index in [1.54, 1.807) is 11.3 Å². The molecule has 0 radical (unpaired) electrons. The molecule has 1 aromatic carbocycles. The summed E-state index contributed by atoms with van der Waals surface area (Å²) in [5.74, 6) is 0. The summed E-state index contributed by atoms with van der Waals surface area (Å²) < 4.78 is 0. The number of anilines is 2. The number of hydrogen-bond donors (Lipinski definition) is 1. The summed E-state index contributed by atoms with van der Waals surface area (Å²) in [5, 5.41) is 3.21. The van der Waals surface area contributed by atoms with Crippen LogP contribution in [0.1, 0.15) is 12.0 Å². The molecule has 0 unspecified atom stereocenters. The van der Waals surface area contributed by atoms with Gasteiger partial charge in [0, 0.05) is 43.4 Å². The maximum Gasteiger partial charge on any atom is 0.185 e. The van der Waals surface area contributed by atoms with Crippen molar-refractivity contribution in [1.82, 2.24) is 9.88 Å². The Labute approximate surface area is 130 Å². The van der Waals surface area contributed by atoms with Gasteiger partial charge in [0.05, 0.1) is 0 Å². The first-order chi connectivity index (χ1) is 10.3. The lowest BCUT2D eigenvalue weighted by Gasteiger charge is -2.34. The summed E-state index contributed by atoms with van der Waals surface area (Å²) in [6.45, 7) is 5.64. The highest BCUT2D eigenvalue weighted by Gasteiger charge is 2.17. The molecule has 1 saturated heterocycles. The van der Waals surface area contributed by atoms with Crippen LogP contribution in [0.25, 0.3) is 0 Å². The van der Waals surface area contributed by atoms with E-state index in [1.165, 1.54) is 18.5 Å². The predicted octanol–water partition coefficient (Wildman–Crippen LogP) is 2.48. The Kier molecular flexibility index (Phi) is 4.72. The van der Waals surface area contributed by atoms with Crippen LogP contribution >= 0.6 is 11.3 Å². The van der Waals surface area contributed by atoms with Crippen LogP contribution in [0.15, 0.2) is 35.8 Å². The van der Waals surface area contributed by atoms with Crippen LogP contribution in [-0.4, -0.2) is 42.6 Å². The van der Waals surface area contributed by atoms with Crippen molar-refractivity contribution < 1.29 is 0 Å². The Morgan fingerprint density at radius 1 is 1.10 bits per heavy atom. The fraction of sp³-hybridized carbons (Fsp3) is 0.438. The van der Waals surface area contributed by atoms with Crippen LogP contribution in [0.3, 0.4) is 0 Å². The van der Waals surface area contributed by atoms with E-state index in [-0.39, 0.29) is 0 Å². The van der Waals surface area contributed by atoms with E-state index in [9.17, 15) is 0 Å². The van der Waals surface area contributed by atoms with Crippen molar-refractivity contribution in [3.05, 3.63) is 41.4 Å². The molecule has 3 rings (SSSR count). The topological polar surface area (TPSA) is 45.4 Å². The SMILES string of the molecule is Nc1ccc(CCCN2CCN(c3nccs3)CC2)cc1. The lowest BCUT2D eigenvalue weighted by molar-refractivity contribution is 0.255. The summed E-state index contributed by atoms with van der Waals surface area (Å²) in [4.78, 5) is 9.34. The van der Waals surface area contributed by atoms with Gasteiger partial charge in [-0.3, -0.25) is 4.90 Å². The molecule has 1 aromatic heterocycles. The third-order valence-corrected chi connectivity index (χ3v) is 4.81. The van der Waals surface area contributed by atoms with Gasteiger partial charge >= 0.3 is 0 Å². The average Bonchev–Trinajstić information content (AvgIpc) is 3.04. The highest BCUT2D eigenvalue weighted by atomic mass is 32.1. The number of rotatable bonds is 5. The van der Waals surface area contributed by atoms with Crippen LogP contribution in [-0.2, 0) is 6.42 Å². The van der Waals surface area contributed by atoms with Gasteiger partial charge in [0.1, 0.15) is 0 Å². The van der Waals surface area contributed by atoms with E-state index >= 15 is 0 Å². The van der Waals surface area contributed by atoms with Gasteiger partial charge in [0.25, 0.3) is 0 Å². The van der Waals surface area contributed by atoms with Crippen molar-refractivity contribution in [3.8, 4) is 0 Å². The quantitative estimate of drug-likeness (QED) is 0.862. The van der Waals surface area contributed by atoms with E-state index in [0.29, 0.717) is 0 Å². The van der Waals surface area contributed by atoms with Gasteiger partial charge in [0.15, 0.2) is 5.13 Å². The van der Waals surface area contributed by atoms with Crippen LogP contribution in [0.2, 0.25) is 0 Å². The van der Waals surface area contributed by atoms with Gasteiger partial charge in [-0.25, -0.2) is 4.98 Å². The van der Waals surface area contributed by atoms with E-state index < -0.39 is 0 Å². The molecule has 5 heteroatoms. The number of aryl methyl sites for hydroxylation is 1. The molecule has 0 spiro atoms. The zero-order valence-corrected chi connectivity index (χ0v) is 13.1. The minimum Gasteiger partial charge on any atom is -0.399 e. The first-order valence-corrected chi connectivity index (χ1v) is 8.40. The Bertz CT molecular complexity index is 530. The van der Waals surface area contributed by atoms with Crippen molar-refractivity contribution in [2.24, 2.45) is 0 Å². The van der Waals surface area contributed by atoms with Crippen LogP contribution in [0.4, 0.5) is 10.8 Å². The van der Waals surface area contributed by atoms with E-state index in [1.807, 2.05) is 23.7 Å². The van der Waals surface area contributed by atoms with Crippen molar-refractivity contribution in [2.75, 3.05) is 43.4 Å². The van der Waals surface area contributed by atoms with Crippen LogP contribution < -0.4 is 10.6 Å². The Hall–Kier alpha value is -1.59.